The highest BCUT2D eigenvalue weighted by Crippen LogP contribution is 2.25. The summed E-state index contributed by atoms with van der Waals surface area (Å²) in [6.45, 7) is 3.92. The molecule has 0 atom stereocenters. The highest BCUT2D eigenvalue weighted by atomic mass is 16.4. The smallest absolute Gasteiger partial charge is 0.254 e. The number of hydrogen-bond acceptors (Lipinski definition) is 6. The molecule has 1 aliphatic heterocycles. The van der Waals surface area contributed by atoms with Crippen molar-refractivity contribution in [1.82, 2.24) is 30.0 Å². The number of fused-ring (bicyclic) bond motifs is 1. The van der Waals surface area contributed by atoms with E-state index < -0.39 is 0 Å². The number of piperazine rings is 1. The number of carbonyl (C=O) groups is 2. The molecule has 6 rings (SSSR count). The van der Waals surface area contributed by atoms with Crippen LogP contribution in [0, 0.1) is 6.92 Å². The molecule has 184 valence electrons. The predicted molar refractivity (Wildman–Crippen MR) is 138 cm³/mol. The van der Waals surface area contributed by atoms with E-state index in [0.717, 1.165) is 27.7 Å². The van der Waals surface area contributed by atoms with Crippen molar-refractivity contribution in [2.24, 2.45) is 0 Å². The van der Waals surface area contributed by atoms with Gasteiger partial charge in [-0.15, -0.1) is 10.2 Å². The fraction of sp³-hybridized carbons (Fsp3) is 0.179. The first-order valence-corrected chi connectivity index (χ1v) is 12.1. The van der Waals surface area contributed by atoms with E-state index >= 15 is 0 Å². The SMILES string of the molecule is Cc1cccc(-c2nnc(-c3ccc(C(=O)N4CCN(C(=O)c5ccc6nc[nH]c6c5)CC4)cc3)o2)c1. The Morgan fingerprint density at radius 1 is 0.784 bits per heavy atom. The second-order valence-electron chi connectivity index (χ2n) is 9.08. The van der Waals surface area contributed by atoms with Crippen molar-refractivity contribution in [1.29, 1.82) is 0 Å². The van der Waals surface area contributed by atoms with E-state index in [4.69, 9.17) is 4.42 Å². The van der Waals surface area contributed by atoms with E-state index in [-0.39, 0.29) is 11.8 Å². The lowest BCUT2D eigenvalue weighted by Gasteiger charge is -2.35. The van der Waals surface area contributed by atoms with Crippen molar-refractivity contribution in [3.63, 3.8) is 0 Å². The monoisotopic (exact) mass is 492 g/mol. The van der Waals surface area contributed by atoms with Crippen LogP contribution in [0.25, 0.3) is 33.9 Å². The predicted octanol–water partition coefficient (Wildman–Crippen LogP) is 4.19. The number of aromatic nitrogens is 4. The molecule has 0 unspecified atom stereocenters. The number of aryl methyl sites for hydroxylation is 1. The van der Waals surface area contributed by atoms with Crippen molar-refractivity contribution in [2.45, 2.75) is 6.92 Å². The van der Waals surface area contributed by atoms with Gasteiger partial charge >= 0.3 is 0 Å². The maximum Gasteiger partial charge on any atom is 0.254 e. The molecule has 9 heteroatoms. The number of nitrogens with one attached hydrogen (secondary N) is 1. The number of H-pyrrole nitrogens is 1. The van der Waals surface area contributed by atoms with Crippen molar-refractivity contribution in [2.75, 3.05) is 26.2 Å². The molecule has 0 aliphatic carbocycles. The van der Waals surface area contributed by atoms with Crippen LogP contribution >= 0.6 is 0 Å². The average molecular weight is 493 g/mol. The summed E-state index contributed by atoms with van der Waals surface area (Å²) in [4.78, 5) is 36.8. The minimum atomic E-state index is -0.0662. The molecule has 0 radical (unpaired) electrons. The molecule has 37 heavy (non-hydrogen) atoms. The Balaban J connectivity index is 1.09. The Bertz CT molecular complexity index is 1600. The van der Waals surface area contributed by atoms with Crippen molar-refractivity contribution < 1.29 is 14.0 Å². The number of imidazole rings is 1. The maximum absolute atomic E-state index is 13.1. The minimum absolute atomic E-state index is 0.0439. The Morgan fingerprint density at radius 3 is 2.14 bits per heavy atom. The normalized spacial score (nSPS) is 13.8. The molecule has 1 fully saturated rings. The summed E-state index contributed by atoms with van der Waals surface area (Å²) in [6, 6.07) is 20.5. The number of nitrogens with zero attached hydrogens (tertiary/aromatic N) is 5. The summed E-state index contributed by atoms with van der Waals surface area (Å²) in [7, 11) is 0. The fourth-order valence-electron chi connectivity index (χ4n) is 4.54. The first kappa shape index (κ1) is 22.7. The summed E-state index contributed by atoms with van der Waals surface area (Å²) < 4.78 is 5.86. The van der Waals surface area contributed by atoms with E-state index in [1.54, 1.807) is 34.3 Å². The Hall–Kier alpha value is -4.79. The summed E-state index contributed by atoms with van der Waals surface area (Å²) in [5.74, 6) is 0.743. The number of rotatable bonds is 4. The van der Waals surface area contributed by atoms with Crippen LogP contribution in [0.3, 0.4) is 0 Å². The van der Waals surface area contributed by atoms with E-state index in [2.05, 4.69) is 20.2 Å². The second kappa shape index (κ2) is 9.34. The zero-order chi connectivity index (χ0) is 25.4. The van der Waals surface area contributed by atoms with Gasteiger partial charge in [0, 0.05) is 48.4 Å². The standard InChI is InChI=1S/C28H24N6O3/c1-18-3-2-4-21(15-18)26-32-31-25(37-26)19-5-7-20(8-6-19)27(35)33-11-13-34(14-12-33)28(36)22-9-10-23-24(16-22)30-17-29-23/h2-10,15-17H,11-14H2,1H3,(H,29,30). The molecule has 3 heterocycles. The molecule has 1 aliphatic rings. The van der Waals surface area contributed by atoms with Gasteiger partial charge in [0.25, 0.3) is 11.8 Å². The molecule has 0 saturated carbocycles. The van der Waals surface area contributed by atoms with Crippen LogP contribution in [0.2, 0.25) is 0 Å². The van der Waals surface area contributed by atoms with Gasteiger partial charge < -0.3 is 19.2 Å². The van der Waals surface area contributed by atoms with Gasteiger partial charge in [-0.25, -0.2) is 4.98 Å². The van der Waals surface area contributed by atoms with Crippen LogP contribution in [-0.2, 0) is 0 Å². The van der Waals surface area contributed by atoms with E-state index in [1.807, 2.05) is 55.5 Å². The van der Waals surface area contributed by atoms with Crippen LogP contribution in [0.5, 0.6) is 0 Å². The number of aromatic amines is 1. The van der Waals surface area contributed by atoms with E-state index in [0.29, 0.717) is 49.1 Å². The molecule has 9 nitrogen and oxygen atoms in total. The van der Waals surface area contributed by atoms with Gasteiger partial charge in [-0.3, -0.25) is 9.59 Å². The van der Waals surface area contributed by atoms with Crippen LogP contribution in [0.4, 0.5) is 0 Å². The summed E-state index contributed by atoms with van der Waals surface area (Å²) in [6.07, 6.45) is 1.61. The number of hydrogen-bond donors (Lipinski definition) is 1. The highest BCUT2D eigenvalue weighted by molar-refractivity contribution is 5.98. The summed E-state index contributed by atoms with van der Waals surface area (Å²) >= 11 is 0. The van der Waals surface area contributed by atoms with Crippen LogP contribution < -0.4 is 0 Å². The molecule has 1 saturated heterocycles. The maximum atomic E-state index is 13.1. The molecule has 1 N–H and O–H groups in total. The first-order chi connectivity index (χ1) is 18.0. The lowest BCUT2D eigenvalue weighted by atomic mass is 10.1. The topological polar surface area (TPSA) is 108 Å². The first-order valence-electron chi connectivity index (χ1n) is 12.1. The Kier molecular flexibility index (Phi) is 5.72. The molecular formula is C28H24N6O3. The summed E-state index contributed by atoms with van der Waals surface area (Å²) in [5, 5.41) is 8.33. The van der Waals surface area contributed by atoms with Crippen LogP contribution in [0.15, 0.2) is 77.5 Å². The van der Waals surface area contributed by atoms with Crippen molar-refractivity contribution >= 4 is 22.8 Å². The van der Waals surface area contributed by atoms with E-state index in [1.165, 1.54) is 0 Å². The Morgan fingerprint density at radius 2 is 1.43 bits per heavy atom. The van der Waals surface area contributed by atoms with Gasteiger partial charge in [0.1, 0.15) is 0 Å². The molecule has 2 aromatic heterocycles. The lowest BCUT2D eigenvalue weighted by molar-refractivity contribution is 0.0535. The molecule has 5 aromatic rings. The molecule has 0 bridgehead atoms. The van der Waals surface area contributed by atoms with E-state index in [9.17, 15) is 9.59 Å². The van der Waals surface area contributed by atoms with Crippen LogP contribution in [-0.4, -0.2) is 68.0 Å². The number of carbonyl (C=O) groups excluding carboxylic acids is 2. The molecule has 0 spiro atoms. The van der Waals surface area contributed by atoms with Gasteiger partial charge in [0.05, 0.1) is 17.4 Å². The van der Waals surface area contributed by atoms with Gasteiger partial charge in [-0.2, -0.15) is 0 Å². The molecule has 2 amide bonds. The third kappa shape index (κ3) is 4.47. The summed E-state index contributed by atoms with van der Waals surface area (Å²) in [5.41, 5.74) is 5.56. The lowest BCUT2D eigenvalue weighted by Crippen LogP contribution is -2.50. The Labute approximate surface area is 212 Å². The number of benzene rings is 3. The third-order valence-electron chi connectivity index (χ3n) is 6.59. The van der Waals surface area contributed by atoms with Gasteiger partial charge in [-0.1, -0.05) is 17.7 Å². The molecule has 3 aromatic carbocycles. The average Bonchev–Trinajstić information content (AvgIpc) is 3.62. The largest absolute Gasteiger partial charge is 0.416 e. The zero-order valence-electron chi connectivity index (χ0n) is 20.2. The second-order valence-corrected chi connectivity index (χ2v) is 9.08. The van der Waals surface area contributed by atoms with Crippen molar-refractivity contribution in [3.05, 3.63) is 89.7 Å². The molecular weight excluding hydrogens is 468 g/mol. The fourth-order valence-corrected chi connectivity index (χ4v) is 4.54. The number of amides is 2. The van der Waals surface area contributed by atoms with Gasteiger partial charge in [0.2, 0.25) is 11.8 Å². The highest BCUT2D eigenvalue weighted by Gasteiger charge is 2.26. The quantitative estimate of drug-likeness (QED) is 0.403. The van der Waals surface area contributed by atoms with Crippen molar-refractivity contribution in [3.8, 4) is 22.9 Å². The van der Waals surface area contributed by atoms with Gasteiger partial charge in [0.15, 0.2) is 0 Å². The third-order valence-corrected chi connectivity index (χ3v) is 6.59. The van der Waals surface area contributed by atoms with Crippen LogP contribution in [0.1, 0.15) is 26.3 Å². The zero-order valence-corrected chi connectivity index (χ0v) is 20.2. The minimum Gasteiger partial charge on any atom is -0.416 e. The van der Waals surface area contributed by atoms with Gasteiger partial charge in [-0.05, 0) is 61.5 Å².